The molecule has 2 aliphatic heterocycles. The molecular weight excluding hydrogens is 599 g/mol. The number of carbonyl (C=O) groups excluding carboxylic acids is 1. The first-order valence-electron chi connectivity index (χ1n) is 13.1. The molecule has 3 aromatic carbocycles. The minimum atomic E-state index is -0.754. The first kappa shape index (κ1) is 28.1. The van der Waals surface area contributed by atoms with Gasteiger partial charge in [-0.15, -0.1) is 0 Å². The summed E-state index contributed by atoms with van der Waals surface area (Å²) in [5.74, 6) is 1.23. The number of halogens is 2. The second kappa shape index (κ2) is 11.7. The van der Waals surface area contributed by atoms with Crippen molar-refractivity contribution in [2.45, 2.75) is 26.5 Å². The van der Waals surface area contributed by atoms with Crippen LogP contribution in [0.2, 0.25) is 10.0 Å². The Labute approximate surface area is 254 Å². The molecule has 0 fully saturated rings. The lowest BCUT2D eigenvalue weighted by molar-refractivity contribution is -0.139. The number of hydrogen-bond donors (Lipinski definition) is 0. The Morgan fingerprint density at radius 1 is 1.12 bits per heavy atom. The number of esters is 1. The topological polar surface area (TPSA) is 88.4 Å². The summed E-state index contributed by atoms with van der Waals surface area (Å²) in [5.41, 5.74) is 2.75. The highest BCUT2D eigenvalue weighted by molar-refractivity contribution is 7.07. The van der Waals surface area contributed by atoms with Crippen LogP contribution in [0.15, 0.2) is 81.7 Å². The summed E-state index contributed by atoms with van der Waals surface area (Å²) < 4.78 is 24.4. The number of thiazole rings is 1. The minimum absolute atomic E-state index is 0.108. The Morgan fingerprint density at radius 3 is 2.76 bits per heavy atom. The van der Waals surface area contributed by atoms with Crippen molar-refractivity contribution in [3.8, 4) is 17.2 Å². The third kappa shape index (κ3) is 5.43. The van der Waals surface area contributed by atoms with Crippen molar-refractivity contribution < 1.29 is 23.7 Å². The summed E-state index contributed by atoms with van der Waals surface area (Å²) in [6.07, 6.45) is 1.78. The molecule has 214 valence electrons. The van der Waals surface area contributed by atoms with E-state index in [1.165, 1.54) is 15.9 Å². The quantitative estimate of drug-likeness (QED) is 0.256. The van der Waals surface area contributed by atoms with Gasteiger partial charge in [-0.25, -0.2) is 9.79 Å². The summed E-state index contributed by atoms with van der Waals surface area (Å²) in [7, 11) is 0. The molecule has 0 radical (unpaired) electrons. The normalized spacial score (nSPS) is 15.8. The number of aromatic nitrogens is 1. The predicted octanol–water partition coefficient (Wildman–Crippen LogP) is 5.41. The fraction of sp³-hybridized carbons (Fsp3) is 0.194. The van der Waals surface area contributed by atoms with Crippen LogP contribution in [0.1, 0.15) is 36.6 Å². The van der Waals surface area contributed by atoms with Crippen LogP contribution in [0.3, 0.4) is 0 Å². The van der Waals surface area contributed by atoms with E-state index in [2.05, 4.69) is 4.99 Å². The van der Waals surface area contributed by atoms with Gasteiger partial charge in [-0.2, -0.15) is 0 Å². The van der Waals surface area contributed by atoms with Gasteiger partial charge >= 0.3 is 5.97 Å². The van der Waals surface area contributed by atoms with E-state index in [1.807, 2.05) is 36.4 Å². The third-order valence-corrected chi connectivity index (χ3v) is 8.36. The summed E-state index contributed by atoms with van der Waals surface area (Å²) in [6, 6.07) is 17.3. The van der Waals surface area contributed by atoms with Gasteiger partial charge in [0.2, 0.25) is 6.79 Å². The van der Waals surface area contributed by atoms with Crippen molar-refractivity contribution in [1.82, 2.24) is 4.57 Å². The lowest BCUT2D eigenvalue weighted by atomic mass is 9.95. The van der Waals surface area contributed by atoms with E-state index in [0.29, 0.717) is 53.5 Å². The summed E-state index contributed by atoms with van der Waals surface area (Å²) in [5, 5.41) is 1.08. The Kier molecular flexibility index (Phi) is 7.81. The molecule has 0 aliphatic carbocycles. The molecule has 1 unspecified atom stereocenters. The number of benzene rings is 3. The number of nitrogens with zero attached hydrogens (tertiary/aromatic N) is 2. The molecule has 8 nitrogen and oxygen atoms in total. The van der Waals surface area contributed by atoms with Crippen LogP contribution in [0, 0.1) is 0 Å². The second-order valence-electron chi connectivity index (χ2n) is 9.51. The number of ether oxygens (including phenoxy) is 4. The Balaban J connectivity index is 1.38. The minimum Gasteiger partial charge on any atom is -0.489 e. The van der Waals surface area contributed by atoms with Crippen LogP contribution in [0.4, 0.5) is 0 Å². The number of allylic oxidation sites excluding steroid dienone is 1. The Hall–Kier alpha value is -4.05. The van der Waals surface area contributed by atoms with Crippen molar-refractivity contribution in [3.63, 3.8) is 0 Å². The van der Waals surface area contributed by atoms with Crippen molar-refractivity contribution in [3.05, 3.63) is 118 Å². The van der Waals surface area contributed by atoms with E-state index in [9.17, 15) is 9.59 Å². The zero-order chi connectivity index (χ0) is 29.4. The molecule has 0 saturated heterocycles. The standard InChI is InChI=1S/C31H24Cl2N2O6S/c1-3-38-30(37)27-17(2)34-31-35(28(27)19-8-10-24-25(13-19)41-16-40-24)29(36)26(42-31)12-18-5-4-6-22(11-18)39-15-20-7-9-21(32)14-23(20)33/h4-14,28H,3,15-16H2,1-2H3/b26-12-. The van der Waals surface area contributed by atoms with Crippen LogP contribution in [0.5, 0.6) is 17.2 Å². The zero-order valence-electron chi connectivity index (χ0n) is 22.6. The van der Waals surface area contributed by atoms with Crippen molar-refractivity contribution in [2.75, 3.05) is 13.4 Å². The van der Waals surface area contributed by atoms with E-state index in [0.717, 1.165) is 11.1 Å². The molecule has 1 atom stereocenters. The smallest absolute Gasteiger partial charge is 0.338 e. The fourth-order valence-electron chi connectivity index (χ4n) is 4.84. The molecule has 0 spiro atoms. The lowest BCUT2D eigenvalue weighted by Crippen LogP contribution is -2.39. The lowest BCUT2D eigenvalue weighted by Gasteiger charge is -2.24. The van der Waals surface area contributed by atoms with Crippen LogP contribution < -0.4 is 29.1 Å². The third-order valence-electron chi connectivity index (χ3n) is 6.79. The first-order valence-corrected chi connectivity index (χ1v) is 14.7. The van der Waals surface area contributed by atoms with Gasteiger partial charge in [0.1, 0.15) is 12.4 Å². The summed E-state index contributed by atoms with van der Waals surface area (Å²) in [6.45, 7) is 4.04. The van der Waals surface area contributed by atoms with E-state index in [1.54, 1.807) is 44.2 Å². The molecule has 3 heterocycles. The van der Waals surface area contributed by atoms with Gasteiger partial charge < -0.3 is 18.9 Å². The number of carbonyl (C=O) groups is 1. The Morgan fingerprint density at radius 2 is 1.95 bits per heavy atom. The highest BCUT2D eigenvalue weighted by Crippen LogP contribution is 2.38. The van der Waals surface area contributed by atoms with Gasteiger partial charge in [0.05, 0.1) is 28.5 Å². The maximum atomic E-state index is 13.9. The van der Waals surface area contributed by atoms with Gasteiger partial charge in [0.15, 0.2) is 16.3 Å². The van der Waals surface area contributed by atoms with Crippen molar-refractivity contribution in [2.24, 2.45) is 4.99 Å². The van der Waals surface area contributed by atoms with E-state index >= 15 is 0 Å². The van der Waals surface area contributed by atoms with E-state index in [4.69, 9.17) is 42.1 Å². The average Bonchev–Trinajstić information content (AvgIpc) is 3.55. The molecule has 1 aromatic heterocycles. The molecule has 4 aromatic rings. The van der Waals surface area contributed by atoms with Crippen molar-refractivity contribution >= 4 is 46.6 Å². The zero-order valence-corrected chi connectivity index (χ0v) is 24.9. The summed E-state index contributed by atoms with van der Waals surface area (Å²) >= 11 is 13.5. The number of fused-ring (bicyclic) bond motifs is 2. The van der Waals surface area contributed by atoms with Gasteiger partial charge in [-0.05, 0) is 67.4 Å². The highest BCUT2D eigenvalue weighted by Gasteiger charge is 2.34. The van der Waals surface area contributed by atoms with Crippen LogP contribution in [-0.4, -0.2) is 23.9 Å². The molecular formula is C31H24Cl2N2O6S. The van der Waals surface area contributed by atoms with Crippen LogP contribution in [-0.2, 0) is 16.1 Å². The fourth-order valence-corrected chi connectivity index (χ4v) is 6.35. The van der Waals surface area contributed by atoms with Gasteiger partial charge in [-0.1, -0.05) is 58.8 Å². The Bertz CT molecular complexity index is 1930. The van der Waals surface area contributed by atoms with E-state index in [-0.39, 0.29) is 25.6 Å². The van der Waals surface area contributed by atoms with E-state index < -0.39 is 12.0 Å². The number of hydrogen-bond acceptors (Lipinski definition) is 8. The number of rotatable bonds is 7. The molecule has 0 amide bonds. The monoisotopic (exact) mass is 622 g/mol. The van der Waals surface area contributed by atoms with Gasteiger partial charge in [-0.3, -0.25) is 9.36 Å². The van der Waals surface area contributed by atoms with Gasteiger partial charge in [0.25, 0.3) is 5.56 Å². The SMILES string of the molecule is CCOC(=O)C1=C(C)N=c2s/c(=C\c3cccc(OCc4ccc(Cl)cc4Cl)c3)c(=O)n2C1c1ccc2c(c1)OCO2. The predicted molar refractivity (Wildman–Crippen MR) is 160 cm³/mol. The van der Waals surface area contributed by atoms with Gasteiger partial charge in [0, 0.05) is 15.6 Å². The van der Waals surface area contributed by atoms with Crippen molar-refractivity contribution in [1.29, 1.82) is 0 Å². The van der Waals surface area contributed by atoms with Crippen LogP contribution >= 0.6 is 34.5 Å². The molecule has 0 bridgehead atoms. The largest absolute Gasteiger partial charge is 0.489 e. The summed E-state index contributed by atoms with van der Waals surface area (Å²) in [4.78, 5) is 32.2. The molecule has 0 N–H and O–H groups in total. The maximum absolute atomic E-state index is 13.9. The molecule has 0 saturated carbocycles. The molecule has 6 rings (SSSR count). The maximum Gasteiger partial charge on any atom is 0.338 e. The second-order valence-corrected chi connectivity index (χ2v) is 11.4. The first-order chi connectivity index (χ1) is 20.3. The molecule has 42 heavy (non-hydrogen) atoms. The van der Waals surface area contributed by atoms with Crippen LogP contribution in [0.25, 0.3) is 6.08 Å². The highest BCUT2D eigenvalue weighted by atomic mass is 35.5. The molecule has 2 aliphatic rings. The average molecular weight is 624 g/mol. The molecule has 11 heteroatoms.